The molecule has 3 aromatic rings. The first kappa shape index (κ1) is 19.7. The van der Waals surface area contributed by atoms with E-state index in [2.05, 4.69) is 25.7 Å². The van der Waals surface area contributed by atoms with Gasteiger partial charge in [-0.1, -0.05) is 34.5 Å². The van der Waals surface area contributed by atoms with Crippen molar-refractivity contribution in [2.75, 3.05) is 5.43 Å². The molecule has 11 heteroatoms. The van der Waals surface area contributed by atoms with Crippen molar-refractivity contribution in [2.24, 2.45) is 21.1 Å². The average Bonchev–Trinajstić information content (AvgIpc) is 3.03. The van der Waals surface area contributed by atoms with Crippen LogP contribution in [0.3, 0.4) is 0 Å². The Bertz CT molecular complexity index is 1050. The number of anilines is 1. The van der Waals surface area contributed by atoms with Gasteiger partial charge in [0.15, 0.2) is 10.7 Å². The number of nitrogens with one attached hydrogen (secondary N) is 1. The molecule has 0 saturated carbocycles. The number of benzene rings is 2. The Morgan fingerprint density at radius 2 is 1.64 bits per heavy atom. The first-order valence-corrected chi connectivity index (χ1v) is 9.26. The molecule has 1 heterocycles. The molecule has 2 aromatic carbocycles. The molecule has 0 aliphatic carbocycles. The molecule has 0 saturated heterocycles. The van der Waals surface area contributed by atoms with Crippen molar-refractivity contribution >= 4 is 62.5 Å². The minimum Gasteiger partial charge on any atom is -0.491 e. The van der Waals surface area contributed by atoms with Crippen molar-refractivity contribution in [3.63, 3.8) is 0 Å². The van der Waals surface area contributed by atoms with Crippen LogP contribution in [0, 0.1) is 0 Å². The summed E-state index contributed by atoms with van der Waals surface area (Å²) in [6, 6.07) is 13.3. The number of halogens is 2. The molecule has 1 amide bonds. The van der Waals surface area contributed by atoms with E-state index < -0.39 is 11.8 Å². The summed E-state index contributed by atoms with van der Waals surface area (Å²) in [4.78, 5) is 15.6. The van der Waals surface area contributed by atoms with Gasteiger partial charge in [-0.3, -0.25) is 10.2 Å². The number of hydrogen-bond donors (Lipinski definition) is 3. The van der Waals surface area contributed by atoms with Gasteiger partial charge in [0, 0.05) is 10.0 Å². The Morgan fingerprint density at radius 3 is 2.25 bits per heavy atom. The predicted octanol–water partition coefficient (Wildman–Crippen LogP) is 4.87. The maximum atomic E-state index is 11.8. The second-order valence-corrected chi connectivity index (χ2v) is 7.12. The van der Waals surface area contributed by atoms with Crippen molar-refractivity contribution in [1.82, 2.24) is 4.98 Å². The number of nitrogens with zero attached hydrogens (tertiary/aromatic N) is 4. The van der Waals surface area contributed by atoms with Crippen LogP contribution in [0.1, 0.15) is 5.01 Å². The minimum absolute atomic E-state index is 0.0940. The van der Waals surface area contributed by atoms with Gasteiger partial charge in [0.1, 0.15) is 0 Å². The molecule has 1 aromatic heterocycles. The van der Waals surface area contributed by atoms with Gasteiger partial charge in [-0.2, -0.15) is 10.1 Å². The third-order valence-corrected chi connectivity index (χ3v) is 4.69. The standard InChI is InChI=1S/C17H12Cl2N6O2S/c18-9-1-5-11(6-2-9)22-24-13(14(20)26)16-21-15(27)17(28-16)25-23-12-7-3-10(19)4-8-12/h1-8,22,27H,(H2,20,26). The van der Waals surface area contributed by atoms with Gasteiger partial charge in [0.2, 0.25) is 5.00 Å². The van der Waals surface area contributed by atoms with Gasteiger partial charge in [-0.05, 0) is 48.5 Å². The highest BCUT2D eigenvalue weighted by Gasteiger charge is 2.19. The molecule has 0 aliphatic heterocycles. The van der Waals surface area contributed by atoms with Gasteiger partial charge in [0.05, 0.1) is 11.4 Å². The van der Waals surface area contributed by atoms with E-state index in [1.807, 2.05) is 0 Å². The highest BCUT2D eigenvalue weighted by molar-refractivity contribution is 7.18. The van der Waals surface area contributed by atoms with E-state index in [4.69, 9.17) is 28.9 Å². The lowest BCUT2D eigenvalue weighted by Crippen LogP contribution is -2.25. The number of azo groups is 1. The Hall–Kier alpha value is -3.01. The highest BCUT2D eigenvalue weighted by Crippen LogP contribution is 2.35. The van der Waals surface area contributed by atoms with E-state index >= 15 is 0 Å². The maximum Gasteiger partial charge on any atom is 0.272 e. The molecule has 0 atom stereocenters. The number of carbonyl (C=O) groups excluding carboxylic acids is 1. The van der Waals surface area contributed by atoms with E-state index in [1.165, 1.54) is 0 Å². The lowest BCUT2D eigenvalue weighted by atomic mass is 10.3. The Morgan fingerprint density at radius 1 is 1.04 bits per heavy atom. The van der Waals surface area contributed by atoms with Gasteiger partial charge in [-0.15, -0.1) is 10.2 Å². The molecule has 0 spiro atoms. The number of nitrogens with two attached hydrogens (primary N) is 1. The number of carbonyl (C=O) groups is 1. The molecular formula is C17H12Cl2N6O2S. The van der Waals surface area contributed by atoms with Crippen LogP contribution in [-0.4, -0.2) is 21.7 Å². The summed E-state index contributed by atoms with van der Waals surface area (Å²) >= 11 is 12.6. The first-order chi connectivity index (χ1) is 13.4. The molecule has 142 valence electrons. The summed E-state index contributed by atoms with van der Waals surface area (Å²) in [5.74, 6) is -1.21. The summed E-state index contributed by atoms with van der Waals surface area (Å²) < 4.78 is 0. The highest BCUT2D eigenvalue weighted by atomic mass is 35.5. The van der Waals surface area contributed by atoms with Crippen molar-refractivity contribution in [3.8, 4) is 5.88 Å². The quantitative estimate of drug-likeness (QED) is 0.290. The van der Waals surface area contributed by atoms with E-state index in [1.54, 1.807) is 48.5 Å². The van der Waals surface area contributed by atoms with Crippen LogP contribution in [0.15, 0.2) is 63.9 Å². The molecule has 28 heavy (non-hydrogen) atoms. The summed E-state index contributed by atoms with van der Waals surface area (Å²) in [5, 5.41) is 23.2. The smallest absolute Gasteiger partial charge is 0.272 e. The van der Waals surface area contributed by atoms with Crippen molar-refractivity contribution in [2.45, 2.75) is 0 Å². The normalized spacial score (nSPS) is 11.7. The topological polar surface area (TPSA) is 125 Å². The molecule has 3 rings (SSSR count). The van der Waals surface area contributed by atoms with Gasteiger partial charge < -0.3 is 10.8 Å². The van der Waals surface area contributed by atoms with E-state index in [-0.39, 0.29) is 15.7 Å². The molecule has 0 bridgehead atoms. The Labute approximate surface area is 173 Å². The maximum absolute atomic E-state index is 11.8. The molecule has 0 aliphatic rings. The number of aromatic nitrogens is 1. The van der Waals surface area contributed by atoms with Crippen LogP contribution in [0.25, 0.3) is 0 Å². The number of rotatable bonds is 6. The summed E-state index contributed by atoms with van der Waals surface area (Å²) in [6.07, 6.45) is 0. The summed E-state index contributed by atoms with van der Waals surface area (Å²) in [6.45, 7) is 0. The second kappa shape index (κ2) is 8.79. The molecule has 8 nitrogen and oxygen atoms in total. The lowest BCUT2D eigenvalue weighted by Gasteiger charge is -2.02. The molecular weight excluding hydrogens is 423 g/mol. The number of hydrazone groups is 1. The number of primary amides is 1. The van der Waals surface area contributed by atoms with E-state index in [0.717, 1.165) is 11.3 Å². The fourth-order valence-corrected chi connectivity index (χ4v) is 2.96. The Balaban J connectivity index is 1.83. The predicted molar refractivity (Wildman–Crippen MR) is 110 cm³/mol. The third kappa shape index (κ3) is 5.03. The largest absolute Gasteiger partial charge is 0.491 e. The number of aromatic hydroxyl groups is 1. The van der Waals surface area contributed by atoms with Crippen LogP contribution in [-0.2, 0) is 4.79 Å². The summed E-state index contributed by atoms with van der Waals surface area (Å²) in [5.41, 5.74) is 9.03. The number of thiazole rings is 1. The zero-order valence-electron chi connectivity index (χ0n) is 14.0. The van der Waals surface area contributed by atoms with Crippen LogP contribution in [0.4, 0.5) is 16.4 Å². The van der Waals surface area contributed by atoms with Crippen LogP contribution < -0.4 is 11.2 Å². The van der Waals surface area contributed by atoms with Crippen LogP contribution in [0.2, 0.25) is 10.0 Å². The fraction of sp³-hybridized carbons (Fsp3) is 0. The summed E-state index contributed by atoms with van der Waals surface area (Å²) in [7, 11) is 0. The van der Waals surface area contributed by atoms with Crippen molar-refractivity contribution in [1.29, 1.82) is 0 Å². The lowest BCUT2D eigenvalue weighted by molar-refractivity contribution is -0.111. The molecule has 0 fully saturated rings. The minimum atomic E-state index is -0.823. The van der Waals surface area contributed by atoms with Crippen molar-refractivity contribution in [3.05, 3.63) is 63.6 Å². The average molecular weight is 435 g/mol. The second-order valence-electron chi connectivity index (χ2n) is 5.27. The van der Waals surface area contributed by atoms with Gasteiger partial charge in [-0.25, -0.2) is 0 Å². The van der Waals surface area contributed by atoms with E-state index in [9.17, 15) is 9.90 Å². The monoisotopic (exact) mass is 434 g/mol. The van der Waals surface area contributed by atoms with Crippen LogP contribution >= 0.6 is 34.5 Å². The number of hydrogen-bond acceptors (Lipinski definition) is 8. The van der Waals surface area contributed by atoms with Gasteiger partial charge >= 0.3 is 0 Å². The van der Waals surface area contributed by atoms with Gasteiger partial charge in [0.25, 0.3) is 11.8 Å². The third-order valence-electron chi connectivity index (χ3n) is 3.25. The zero-order valence-corrected chi connectivity index (χ0v) is 16.3. The van der Waals surface area contributed by atoms with Crippen molar-refractivity contribution < 1.29 is 9.90 Å². The first-order valence-electron chi connectivity index (χ1n) is 7.69. The molecule has 0 radical (unpaired) electrons. The SMILES string of the molecule is NC(=O)C(=NNc1ccc(Cl)cc1)c1nc(O)c(N=Nc2ccc(Cl)cc2)s1. The zero-order chi connectivity index (χ0) is 20.1. The van der Waals surface area contributed by atoms with E-state index in [0.29, 0.717) is 21.4 Å². The number of amides is 1. The molecule has 0 unspecified atom stereocenters. The Kier molecular flexibility index (Phi) is 6.19. The van der Waals surface area contributed by atoms with Crippen LogP contribution in [0.5, 0.6) is 5.88 Å². The fourth-order valence-electron chi connectivity index (χ4n) is 1.93. The molecule has 4 N–H and O–H groups in total.